The Morgan fingerprint density at radius 2 is 1.75 bits per heavy atom. The predicted octanol–water partition coefficient (Wildman–Crippen LogP) is 4.18. The minimum Gasteiger partial charge on any atom is -0.331 e. The summed E-state index contributed by atoms with van der Waals surface area (Å²) in [5.74, 6) is 0.169. The monoisotopic (exact) mass is 397 g/mol. The van der Waals surface area contributed by atoms with Gasteiger partial charge in [0.15, 0.2) is 0 Å². The number of carbonyl (C=O) groups excluding carboxylic acids is 2. The van der Waals surface area contributed by atoms with Gasteiger partial charge in [-0.1, -0.05) is 29.8 Å². The molecule has 7 nitrogen and oxygen atoms in total. The lowest BCUT2D eigenvalue weighted by molar-refractivity contribution is 0.102. The fourth-order valence-corrected chi connectivity index (χ4v) is 2.82. The maximum absolute atomic E-state index is 12.7. The molecule has 0 spiro atoms. The summed E-state index contributed by atoms with van der Waals surface area (Å²) in [6.45, 7) is 1.85. The van der Waals surface area contributed by atoms with E-state index in [1.807, 2.05) is 37.3 Å². The number of nitrogens with one attached hydrogen (secondary N) is 2. The van der Waals surface area contributed by atoms with Crippen molar-refractivity contribution in [3.8, 4) is 5.69 Å². The van der Waals surface area contributed by atoms with Crippen LogP contribution in [-0.2, 0) is 0 Å². The maximum Gasteiger partial charge on any atom is 0.321 e. The van der Waals surface area contributed by atoms with Crippen LogP contribution in [0.3, 0.4) is 0 Å². The molecule has 1 aromatic heterocycles. The number of benzene rings is 2. The average Bonchev–Trinajstić information content (AvgIpc) is 3.02. The Labute approximate surface area is 167 Å². The molecule has 144 valence electrons. The van der Waals surface area contributed by atoms with Crippen LogP contribution in [0.15, 0.2) is 54.6 Å². The number of rotatable bonds is 4. The fraction of sp³-hybridized carbons (Fsp3) is 0.150. The molecule has 8 heteroatoms. The molecule has 0 saturated carbocycles. The molecule has 0 aliphatic carbocycles. The maximum atomic E-state index is 12.7. The number of carbonyl (C=O) groups is 2. The lowest BCUT2D eigenvalue weighted by atomic mass is 10.2. The molecule has 0 fully saturated rings. The first-order chi connectivity index (χ1) is 13.3. The van der Waals surface area contributed by atoms with Gasteiger partial charge in [0.1, 0.15) is 5.82 Å². The van der Waals surface area contributed by atoms with E-state index in [1.165, 1.54) is 11.0 Å². The van der Waals surface area contributed by atoms with Gasteiger partial charge in [0.05, 0.1) is 22.0 Å². The molecule has 3 rings (SSSR count). The van der Waals surface area contributed by atoms with Crippen molar-refractivity contribution in [1.82, 2.24) is 14.7 Å². The van der Waals surface area contributed by atoms with Crippen molar-refractivity contribution >= 4 is 35.0 Å². The highest BCUT2D eigenvalue weighted by molar-refractivity contribution is 6.34. The predicted molar refractivity (Wildman–Crippen MR) is 110 cm³/mol. The third-order valence-corrected chi connectivity index (χ3v) is 4.26. The van der Waals surface area contributed by atoms with E-state index >= 15 is 0 Å². The van der Waals surface area contributed by atoms with Crippen LogP contribution in [0.25, 0.3) is 5.69 Å². The van der Waals surface area contributed by atoms with Gasteiger partial charge in [0.25, 0.3) is 5.91 Å². The molecular formula is C20H20ClN5O2. The van der Waals surface area contributed by atoms with E-state index < -0.39 is 0 Å². The summed E-state index contributed by atoms with van der Waals surface area (Å²) in [6, 6.07) is 15.7. The Morgan fingerprint density at radius 3 is 2.39 bits per heavy atom. The van der Waals surface area contributed by atoms with Gasteiger partial charge in [0, 0.05) is 25.8 Å². The lowest BCUT2D eigenvalue weighted by Gasteiger charge is -2.13. The van der Waals surface area contributed by atoms with Crippen LogP contribution in [-0.4, -0.2) is 40.7 Å². The zero-order valence-corrected chi connectivity index (χ0v) is 16.5. The number of hydrogen-bond acceptors (Lipinski definition) is 3. The summed E-state index contributed by atoms with van der Waals surface area (Å²) in [4.78, 5) is 25.9. The van der Waals surface area contributed by atoms with Crippen LogP contribution in [0.2, 0.25) is 5.02 Å². The van der Waals surface area contributed by atoms with Crippen LogP contribution in [0.5, 0.6) is 0 Å². The zero-order chi connectivity index (χ0) is 20.3. The number of hydrogen-bond donors (Lipinski definition) is 2. The molecule has 0 aliphatic heterocycles. The van der Waals surface area contributed by atoms with Gasteiger partial charge in [-0.15, -0.1) is 0 Å². The molecule has 2 aromatic carbocycles. The molecule has 28 heavy (non-hydrogen) atoms. The van der Waals surface area contributed by atoms with E-state index in [0.717, 1.165) is 11.4 Å². The highest BCUT2D eigenvalue weighted by Crippen LogP contribution is 2.23. The average molecular weight is 398 g/mol. The van der Waals surface area contributed by atoms with E-state index in [0.29, 0.717) is 17.1 Å². The quantitative estimate of drug-likeness (QED) is 0.693. The van der Waals surface area contributed by atoms with Crippen molar-refractivity contribution in [2.75, 3.05) is 24.7 Å². The van der Waals surface area contributed by atoms with Gasteiger partial charge >= 0.3 is 6.03 Å². The minimum absolute atomic E-state index is 0.233. The second kappa shape index (κ2) is 8.14. The third kappa shape index (κ3) is 4.32. The van der Waals surface area contributed by atoms with Gasteiger partial charge in [-0.05, 0) is 37.3 Å². The Bertz CT molecular complexity index is 1010. The topological polar surface area (TPSA) is 79.3 Å². The van der Waals surface area contributed by atoms with Crippen LogP contribution < -0.4 is 10.6 Å². The molecule has 0 unspecified atom stereocenters. The summed E-state index contributed by atoms with van der Waals surface area (Å²) >= 11 is 6.27. The van der Waals surface area contributed by atoms with E-state index in [9.17, 15) is 9.59 Å². The molecule has 2 N–H and O–H groups in total. The first-order valence-corrected chi connectivity index (χ1v) is 8.94. The zero-order valence-electron chi connectivity index (χ0n) is 15.7. The number of para-hydroxylation sites is 1. The minimum atomic E-state index is -0.368. The van der Waals surface area contributed by atoms with Crippen LogP contribution in [0.1, 0.15) is 16.1 Å². The molecule has 3 amide bonds. The number of amides is 3. The highest BCUT2D eigenvalue weighted by Gasteiger charge is 2.16. The summed E-state index contributed by atoms with van der Waals surface area (Å²) < 4.78 is 1.66. The van der Waals surface area contributed by atoms with E-state index in [1.54, 1.807) is 37.0 Å². The summed E-state index contributed by atoms with van der Waals surface area (Å²) in [7, 11) is 3.27. The Morgan fingerprint density at radius 1 is 1.04 bits per heavy atom. The lowest BCUT2D eigenvalue weighted by Crippen LogP contribution is -2.27. The van der Waals surface area contributed by atoms with E-state index in [2.05, 4.69) is 15.7 Å². The fourth-order valence-electron chi connectivity index (χ4n) is 2.55. The SMILES string of the molecule is Cc1cc(NC(=O)c2ccc(NC(=O)N(C)C)cc2Cl)n(-c2ccccc2)n1. The molecule has 0 aliphatic rings. The molecule has 0 atom stereocenters. The summed E-state index contributed by atoms with van der Waals surface area (Å²) in [5, 5.41) is 10.2. The second-order valence-electron chi connectivity index (χ2n) is 6.39. The first-order valence-electron chi connectivity index (χ1n) is 8.56. The molecule has 0 saturated heterocycles. The van der Waals surface area contributed by atoms with Gasteiger partial charge in [-0.25, -0.2) is 9.48 Å². The number of nitrogens with zero attached hydrogens (tertiary/aromatic N) is 3. The number of anilines is 2. The summed E-state index contributed by atoms with van der Waals surface area (Å²) in [5.41, 5.74) is 2.40. The van der Waals surface area contributed by atoms with Crippen molar-refractivity contribution in [1.29, 1.82) is 0 Å². The van der Waals surface area contributed by atoms with E-state index in [4.69, 9.17) is 11.6 Å². The van der Waals surface area contributed by atoms with Crippen LogP contribution in [0.4, 0.5) is 16.3 Å². The number of aromatic nitrogens is 2. The van der Waals surface area contributed by atoms with Gasteiger partial charge in [-0.2, -0.15) is 5.10 Å². The highest BCUT2D eigenvalue weighted by atomic mass is 35.5. The largest absolute Gasteiger partial charge is 0.331 e. The molecular weight excluding hydrogens is 378 g/mol. The van der Waals surface area contributed by atoms with Crippen molar-refractivity contribution in [2.45, 2.75) is 6.92 Å². The number of aryl methyl sites for hydroxylation is 1. The van der Waals surface area contributed by atoms with Crippen LogP contribution >= 0.6 is 11.6 Å². The standard InChI is InChI=1S/C20H20ClN5O2/c1-13-11-18(26(24-13)15-7-5-4-6-8-15)23-19(27)16-10-9-14(12-17(16)21)22-20(28)25(2)3/h4-12H,1-3H3,(H,22,28)(H,23,27). The Hall–Kier alpha value is -3.32. The van der Waals surface area contributed by atoms with E-state index in [-0.39, 0.29) is 17.0 Å². The van der Waals surface area contributed by atoms with Gasteiger partial charge < -0.3 is 15.5 Å². The van der Waals surface area contributed by atoms with Crippen molar-refractivity contribution in [2.24, 2.45) is 0 Å². The summed E-state index contributed by atoms with van der Waals surface area (Å²) in [6.07, 6.45) is 0. The van der Waals surface area contributed by atoms with Gasteiger partial charge in [-0.3, -0.25) is 4.79 Å². The van der Waals surface area contributed by atoms with Crippen LogP contribution in [0, 0.1) is 6.92 Å². The van der Waals surface area contributed by atoms with Crippen molar-refractivity contribution < 1.29 is 9.59 Å². The third-order valence-electron chi connectivity index (χ3n) is 3.95. The Kier molecular flexibility index (Phi) is 5.65. The van der Waals surface area contributed by atoms with Crippen molar-refractivity contribution in [3.63, 3.8) is 0 Å². The van der Waals surface area contributed by atoms with Gasteiger partial charge in [0.2, 0.25) is 0 Å². The first kappa shape index (κ1) is 19.4. The smallest absolute Gasteiger partial charge is 0.321 e. The number of urea groups is 1. The molecule has 3 aromatic rings. The molecule has 0 bridgehead atoms. The molecule has 1 heterocycles. The van der Waals surface area contributed by atoms with Crippen molar-refractivity contribution in [3.05, 3.63) is 70.9 Å². The second-order valence-corrected chi connectivity index (χ2v) is 6.80. The normalized spacial score (nSPS) is 10.4. The Balaban J connectivity index is 1.82. The molecule has 0 radical (unpaired) electrons. The number of halogens is 1.